The van der Waals surface area contributed by atoms with E-state index in [1.807, 2.05) is 0 Å². The molecule has 0 atom stereocenters. The fourth-order valence-corrected chi connectivity index (χ4v) is 1.38. The van der Waals surface area contributed by atoms with Crippen molar-refractivity contribution in [3.63, 3.8) is 0 Å². The molecule has 2 rings (SSSR count). The standard InChI is InChI=1S/C9H9F2N3/c10-9(11,5-12)7-3-1-2-6-4-13-14-8(6)7/h1-4H,5,12H2,(H,13,14). The number of aromatic nitrogens is 2. The maximum atomic E-state index is 13.3. The van der Waals surface area contributed by atoms with Gasteiger partial charge in [0.25, 0.3) is 5.92 Å². The van der Waals surface area contributed by atoms with Gasteiger partial charge in [-0.3, -0.25) is 5.10 Å². The van der Waals surface area contributed by atoms with E-state index >= 15 is 0 Å². The molecule has 0 amide bonds. The van der Waals surface area contributed by atoms with Crippen LogP contribution in [0.4, 0.5) is 8.78 Å². The van der Waals surface area contributed by atoms with Crippen LogP contribution in [0.1, 0.15) is 5.56 Å². The highest BCUT2D eigenvalue weighted by Gasteiger charge is 2.31. The molecule has 74 valence electrons. The van der Waals surface area contributed by atoms with Crippen molar-refractivity contribution in [1.82, 2.24) is 10.2 Å². The molecule has 14 heavy (non-hydrogen) atoms. The van der Waals surface area contributed by atoms with Crippen molar-refractivity contribution in [3.8, 4) is 0 Å². The Morgan fingerprint density at radius 2 is 2.21 bits per heavy atom. The number of fused-ring (bicyclic) bond motifs is 1. The number of para-hydroxylation sites is 1. The molecule has 1 heterocycles. The number of alkyl halides is 2. The Bertz CT molecular complexity index is 450. The summed E-state index contributed by atoms with van der Waals surface area (Å²) < 4.78 is 26.6. The molecule has 0 spiro atoms. The smallest absolute Gasteiger partial charge is 0.287 e. The van der Waals surface area contributed by atoms with Gasteiger partial charge in [-0.2, -0.15) is 13.9 Å². The highest BCUT2D eigenvalue weighted by molar-refractivity contribution is 5.81. The van der Waals surface area contributed by atoms with Gasteiger partial charge in [0.1, 0.15) is 0 Å². The predicted molar refractivity (Wildman–Crippen MR) is 49.0 cm³/mol. The number of aromatic amines is 1. The zero-order chi connectivity index (χ0) is 10.2. The molecular weight excluding hydrogens is 188 g/mol. The van der Waals surface area contributed by atoms with Crippen molar-refractivity contribution in [2.24, 2.45) is 5.73 Å². The molecule has 1 aromatic heterocycles. The molecule has 2 aromatic rings. The van der Waals surface area contributed by atoms with Crippen molar-refractivity contribution in [2.45, 2.75) is 5.92 Å². The van der Waals surface area contributed by atoms with E-state index in [9.17, 15) is 8.78 Å². The van der Waals surface area contributed by atoms with E-state index in [0.29, 0.717) is 10.9 Å². The number of benzene rings is 1. The van der Waals surface area contributed by atoms with Gasteiger partial charge in [-0.1, -0.05) is 18.2 Å². The van der Waals surface area contributed by atoms with Gasteiger partial charge < -0.3 is 5.73 Å². The Hall–Kier alpha value is -1.49. The normalized spacial score (nSPS) is 12.2. The number of hydrogen-bond acceptors (Lipinski definition) is 2. The number of halogens is 2. The van der Waals surface area contributed by atoms with Gasteiger partial charge in [-0.15, -0.1) is 0 Å². The number of nitrogens with two attached hydrogens (primary N) is 1. The Morgan fingerprint density at radius 1 is 1.43 bits per heavy atom. The highest BCUT2D eigenvalue weighted by atomic mass is 19.3. The van der Waals surface area contributed by atoms with E-state index in [4.69, 9.17) is 5.73 Å². The average molecular weight is 197 g/mol. The maximum Gasteiger partial charge on any atom is 0.287 e. The molecule has 0 unspecified atom stereocenters. The van der Waals surface area contributed by atoms with Crippen LogP contribution in [0.15, 0.2) is 24.4 Å². The monoisotopic (exact) mass is 197 g/mol. The van der Waals surface area contributed by atoms with Crippen molar-refractivity contribution >= 4 is 10.9 Å². The second kappa shape index (κ2) is 3.02. The third-order valence-corrected chi connectivity index (χ3v) is 2.13. The minimum absolute atomic E-state index is 0.102. The SMILES string of the molecule is NCC(F)(F)c1cccc2cn[nH]c12. The molecule has 3 N–H and O–H groups in total. The molecule has 0 radical (unpaired) electrons. The quantitative estimate of drug-likeness (QED) is 0.768. The van der Waals surface area contributed by atoms with Gasteiger partial charge in [0.15, 0.2) is 0 Å². The van der Waals surface area contributed by atoms with Crippen molar-refractivity contribution in [2.75, 3.05) is 6.54 Å². The average Bonchev–Trinajstić information content (AvgIpc) is 2.64. The van der Waals surface area contributed by atoms with E-state index in [1.165, 1.54) is 12.3 Å². The molecule has 0 saturated heterocycles. The summed E-state index contributed by atoms with van der Waals surface area (Å²) in [6.45, 7) is -0.703. The molecule has 0 bridgehead atoms. The fraction of sp³-hybridized carbons (Fsp3) is 0.222. The lowest BCUT2D eigenvalue weighted by Gasteiger charge is -2.14. The van der Waals surface area contributed by atoms with Crippen LogP contribution >= 0.6 is 0 Å². The number of H-pyrrole nitrogens is 1. The molecule has 0 aliphatic rings. The number of rotatable bonds is 2. The van der Waals surface area contributed by atoms with E-state index in [0.717, 1.165) is 0 Å². The summed E-state index contributed by atoms with van der Waals surface area (Å²) in [4.78, 5) is 0. The van der Waals surface area contributed by atoms with Crippen LogP contribution < -0.4 is 5.73 Å². The third kappa shape index (κ3) is 1.26. The second-order valence-corrected chi connectivity index (χ2v) is 3.05. The lowest BCUT2D eigenvalue weighted by Crippen LogP contribution is -2.25. The van der Waals surface area contributed by atoms with E-state index in [2.05, 4.69) is 10.2 Å². The zero-order valence-corrected chi connectivity index (χ0v) is 7.30. The Kier molecular flexibility index (Phi) is 1.96. The number of nitrogens with one attached hydrogen (secondary N) is 1. The van der Waals surface area contributed by atoms with Crippen LogP contribution in [0.3, 0.4) is 0 Å². The largest absolute Gasteiger partial charge is 0.325 e. The predicted octanol–water partition coefficient (Wildman–Crippen LogP) is 1.61. The van der Waals surface area contributed by atoms with Gasteiger partial charge in [0.2, 0.25) is 0 Å². The van der Waals surface area contributed by atoms with Crippen LogP contribution in [0.25, 0.3) is 10.9 Å². The fourth-order valence-electron chi connectivity index (χ4n) is 1.38. The molecule has 0 saturated carbocycles. The van der Waals surface area contributed by atoms with Gasteiger partial charge in [0, 0.05) is 10.9 Å². The topological polar surface area (TPSA) is 54.7 Å². The maximum absolute atomic E-state index is 13.3. The van der Waals surface area contributed by atoms with Crippen molar-refractivity contribution in [3.05, 3.63) is 30.0 Å². The molecule has 0 aliphatic heterocycles. The minimum Gasteiger partial charge on any atom is -0.325 e. The zero-order valence-electron chi connectivity index (χ0n) is 7.30. The van der Waals surface area contributed by atoms with Gasteiger partial charge >= 0.3 is 0 Å². The first-order valence-corrected chi connectivity index (χ1v) is 4.15. The number of nitrogens with zero attached hydrogens (tertiary/aromatic N) is 1. The lowest BCUT2D eigenvalue weighted by atomic mass is 10.1. The van der Waals surface area contributed by atoms with Crippen molar-refractivity contribution in [1.29, 1.82) is 0 Å². The molecule has 5 heteroatoms. The van der Waals surface area contributed by atoms with Gasteiger partial charge in [-0.05, 0) is 0 Å². The first-order chi connectivity index (χ1) is 6.65. The summed E-state index contributed by atoms with van der Waals surface area (Å²) in [7, 11) is 0. The summed E-state index contributed by atoms with van der Waals surface area (Å²) in [6, 6.07) is 4.64. The van der Waals surface area contributed by atoms with Gasteiger partial charge in [0.05, 0.1) is 18.3 Å². The lowest BCUT2D eigenvalue weighted by molar-refractivity contribution is 0.00735. The minimum atomic E-state index is -3.01. The van der Waals surface area contributed by atoms with Crippen molar-refractivity contribution < 1.29 is 8.78 Å². The summed E-state index contributed by atoms with van der Waals surface area (Å²) in [5.74, 6) is -3.01. The summed E-state index contributed by atoms with van der Waals surface area (Å²) in [5, 5.41) is 6.92. The summed E-state index contributed by atoms with van der Waals surface area (Å²) >= 11 is 0. The number of hydrogen-bond donors (Lipinski definition) is 2. The molecular formula is C9H9F2N3. The summed E-state index contributed by atoms with van der Waals surface area (Å²) in [5.41, 5.74) is 5.26. The Labute approximate surface area is 78.9 Å². The van der Waals surface area contributed by atoms with Crippen LogP contribution in [0.5, 0.6) is 0 Å². The molecule has 3 nitrogen and oxygen atoms in total. The van der Waals surface area contributed by atoms with E-state index < -0.39 is 12.5 Å². The first-order valence-electron chi connectivity index (χ1n) is 4.15. The molecule has 1 aromatic carbocycles. The Morgan fingerprint density at radius 3 is 2.93 bits per heavy atom. The Balaban J connectivity index is 2.67. The van der Waals surface area contributed by atoms with Crippen LogP contribution in [-0.4, -0.2) is 16.7 Å². The molecule has 0 aliphatic carbocycles. The van der Waals surface area contributed by atoms with Gasteiger partial charge in [-0.25, -0.2) is 0 Å². The summed E-state index contributed by atoms with van der Waals surface area (Å²) in [6.07, 6.45) is 1.51. The highest BCUT2D eigenvalue weighted by Crippen LogP contribution is 2.31. The first kappa shape index (κ1) is 9.08. The van der Waals surface area contributed by atoms with E-state index in [-0.39, 0.29) is 5.56 Å². The molecule has 0 fully saturated rings. The van der Waals surface area contributed by atoms with Crippen LogP contribution in [0, 0.1) is 0 Å². The van der Waals surface area contributed by atoms with E-state index in [1.54, 1.807) is 12.1 Å². The van der Waals surface area contributed by atoms with Crippen LogP contribution in [-0.2, 0) is 5.92 Å². The second-order valence-electron chi connectivity index (χ2n) is 3.05. The van der Waals surface area contributed by atoms with Crippen LogP contribution in [0.2, 0.25) is 0 Å². The third-order valence-electron chi connectivity index (χ3n) is 2.13.